The summed E-state index contributed by atoms with van der Waals surface area (Å²) in [7, 11) is 1.70. The van der Waals surface area contributed by atoms with Crippen LogP contribution in [0, 0.1) is 5.82 Å². The minimum Gasteiger partial charge on any atom is -0.325 e. The van der Waals surface area contributed by atoms with Crippen molar-refractivity contribution in [3.63, 3.8) is 0 Å². The molecule has 0 aliphatic rings. The van der Waals surface area contributed by atoms with E-state index in [1.807, 2.05) is 24.3 Å². The standard InChI is InChI=1S/C22H28FN3O2/c1-5-15(2)19-11-6-7-12-20(19)25-22(28)16(3)26(4)14-21(27)24-18-10-8-9-17(23)13-18/h6-13,15-16H,5,14H2,1-4H3,(H,24,27)(H,25,28)/t15-,16-/m1/s1. The number of amides is 2. The summed E-state index contributed by atoms with van der Waals surface area (Å²) in [5, 5.41) is 5.61. The smallest absolute Gasteiger partial charge is 0.241 e. The van der Waals surface area contributed by atoms with Crippen molar-refractivity contribution >= 4 is 23.2 Å². The maximum absolute atomic E-state index is 13.2. The van der Waals surface area contributed by atoms with Gasteiger partial charge in [-0.3, -0.25) is 14.5 Å². The summed E-state index contributed by atoms with van der Waals surface area (Å²) >= 11 is 0. The first-order valence-corrected chi connectivity index (χ1v) is 9.47. The van der Waals surface area contributed by atoms with Crippen LogP contribution < -0.4 is 10.6 Å². The van der Waals surface area contributed by atoms with E-state index >= 15 is 0 Å². The molecule has 0 fully saturated rings. The van der Waals surface area contributed by atoms with Gasteiger partial charge in [0.2, 0.25) is 11.8 Å². The maximum atomic E-state index is 13.2. The Kier molecular flexibility index (Phi) is 7.70. The lowest BCUT2D eigenvalue weighted by Crippen LogP contribution is -2.43. The first kappa shape index (κ1) is 21.6. The molecular weight excluding hydrogens is 357 g/mol. The number of halogens is 1. The normalized spacial score (nSPS) is 13.1. The third kappa shape index (κ3) is 5.89. The van der Waals surface area contributed by atoms with Crippen molar-refractivity contribution in [3.05, 3.63) is 59.9 Å². The number of para-hydroxylation sites is 1. The number of nitrogens with one attached hydrogen (secondary N) is 2. The Labute approximate surface area is 165 Å². The van der Waals surface area contributed by atoms with Crippen LogP contribution in [0.2, 0.25) is 0 Å². The van der Waals surface area contributed by atoms with Gasteiger partial charge in [0, 0.05) is 11.4 Å². The van der Waals surface area contributed by atoms with Gasteiger partial charge in [0.05, 0.1) is 12.6 Å². The fourth-order valence-corrected chi connectivity index (χ4v) is 2.83. The van der Waals surface area contributed by atoms with Gasteiger partial charge in [0.25, 0.3) is 0 Å². The highest BCUT2D eigenvalue weighted by Gasteiger charge is 2.21. The molecule has 0 radical (unpaired) electrons. The molecule has 0 heterocycles. The van der Waals surface area contributed by atoms with Crippen LogP contribution in [0.15, 0.2) is 48.5 Å². The molecule has 6 heteroatoms. The predicted octanol–water partition coefficient (Wildman–Crippen LogP) is 4.24. The van der Waals surface area contributed by atoms with Gasteiger partial charge in [0.1, 0.15) is 5.82 Å². The van der Waals surface area contributed by atoms with Gasteiger partial charge >= 0.3 is 0 Å². The van der Waals surface area contributed by atoms with Crippen LogP contribution in [0.1, 0.15) is 38.7 Å². The molecule has 0 aliphatic heterocycles. The number of hydrogen-bond donors (Lipinski definition) is 2. The van der Waals surface area contributed by atoms with E-state index in [4.69, 9.17) is 0 Å². The number of anilines is 2. The van der Waals surface area contributed by atoms with Crippen LogP contribution in [-0.4, -0.2) is 36.3 Å². The lowest BCUT2D eigenvalue weighted by molar-refractivity contribution is -0.122. The summed E-state index contributed by atoms with van der Waals surface area (Å²) in [6.07, 6.45) is 0.975. The average Bonchev–Trinajstić information content (AvgIpc) is 2.67. The summed E-state index contributed by atoms with van der Waals surface area (Å²) in [5.74, 6) is -0.579. The van der Waals surface area contributed by atoms with E-state index < -0.39 is 11.9 Å². The maximum Gasteiger partial charge on any atom is 0.241 e. The largest absolute Gasteiger partial charge is 0.325 e. The Morgan fingerprint density at radius 3 is 2.46 bits per heavy atom. The van der Waals surface area contributed by atoms with E-state index in [2.05, 4.69) is 24.5 Å². The van der Waals surface area contributed by atoms with Crippen molar-refractivity contribution in [1.82, 2.24) is 4.90 Å². The van der Waals surface area contributed by atoms with Crippen LogP contribution in [0.5, 0.6) is 0 Å². The fourth-order valence-electron chi connectivity index (χ4n) is 2.83. The Hall–Kier alpha value is -2.73. The number of carbonyl (C=O) groups is 2. The molecule has 28 heavy (non-hydrogen) atoms. The monoisotopic (exact) mass is 385 g/mol. The number of carbonyl (C=O) groups excluding carboxylic acids is 2. The molecule has 2 aromatic rings. The molecule has 0 bridgehead atoms. The molecule has 150 valence electrons. The van der Waals surface area contributed by atoms with Crippen molar-refractivity contribution in [2.45, 2.75) is 39.2 Å². The third-order valence-electron chi connectivity index (χ3n) is 4.90. The van der Waals surface area contributed by atoms with Gasteiger partial charge in [-0.1, -0.05) is 38.1 Å². The van der Waals surface area contributed by atoms with Crippen molar-refractivity contribution in [3.8, 4) is 0 Å². The molecule has 2 rings (SSSR count). The summed E-state index contributed by atoms with van der Waals surface area (Å²) in [5.41, 5.74) is 2.28. The molecule has 5 nitrogen and oxygen atoms in total. The van der Waals surface area contributed by atoms with Crippen LogP contribution in [0.25, 0.3) is 0 Å². The summed E-state index contributed by atoms with van der Waals surface area (Å²) in [4.78, 5) is 26.5. The Morgan fingerprint density at radius 1 is 1.07 bits per heavy atom. The SMILES string of the molecule is CC[C@@H](C)c1ccccc1NC(=O)[C@@H](C)N(C)CC(=O)Nc1cccc(F)c1. The second kappa shape index (κ2) is 9.99. The van der Waals surface area contributed by atoms with Gasteiger partial charge in [-0.25, -0.2) is 4.39 Å². The summed E-state index contributed by atoms with van der Waals surface area (Å²) < 4.78 is 13.2. The van der Waals surface area contributed by atoms with E-state index in [0.717, 1.165) is 17.7 Å². The minimum absolute atomic E-state index is 0.0120. The molecule has 2 atom stereocenters. The molecule has 2 amide bonds. The number of rotatable bonds is 8. The number of nitrogens with zero attached hydrogens (tertiary/aromatic N) is 1. The summed E-state index contributed by atoms with van der Waals surface area (Å²) in [6, 6.07) is 13.0. The molecule has 0 aromatic heterocycles. The molecule has 0 unspecified atom stereocenters. The molecular formula is C22H28FN3O2. The second-order valence-corrected chi connectivity index (χ2v) is 7.04. The fraction of sp³-hybridized carbons (Fsp3) is 0.364. The minimum atomic E-state index is -0.511. The molecule has 0 aliphatic carbocycles. The van der Waals surface area contributed by atoms with Gasteiger partial charge in [-0.15, -0.1) is 0 Å². The van der Waals surface area contributed by atoms with E-state index in [-0.39, 0.29) is 18.4 Å². The topological polar surface area (TPSA) is 61.4 Å². The Balaban J connectivity index is 1.96. The zero-order valence-electron chi connectivity index (χ0n) is 16.8. The lowest BCUT2D eigenvalue weighted by Gasteiger charge is -2.24. The molecule has 0 saturated heterocycles. The second-order valence-electron chi connectivity index (χ2n) is 7.04. The Bertz CT molecular complexity index is 825. The van der Waals surface area contributed by atoms with Crippen LogP contribution >= 0.6 is 0 Å². The van der Waals surface area contributed by atoms with Gasteiger partial charge in [-0.2, -0.15) is 0 Å². The zero-order valence-corrected chi connectivity index (χ0v) is 16.8. The highest BCUT2D eigenvalue weighted by Crippen LogP contribution is 2.26. The van der Waals surface area contributed by atoms with Gasteiger partial charge in [-0.05, 0) is 56.1 Å². The van der Waals surface area contributed by atoms with E-state index in [9.17, 15) is 14.0 Å². The van der Waals surface area contributed by atoms with Crippen molar-refractivity contribution in [1.29, 1.82) is 0 Å². The number of benzene rings is 2. The predicted molar refractivity (Wildman–Crippen MR) is 111 cm³/mol. The Morgan fingerprint density at radius 2 is 1.79 bits per heavy atom. The first-order valence-electron chi connectivity index (χ1n) is 9.47. The highest BCUT2D eigenvalue weighted by atomic mass is 19.1. The van der Waals surface area contributed by atoms with Crippen molar-refractivity contribution in [2.75, 3.05) is 24.2 Å². The molecule has 0 spiro atoms. The number of likely N-dealkylation sites (N-methyl/N-ethyl adjacent to an activating group) is 1. The average molecular weight is 385 g/mol. The van der Waals surface area contributed by atoms with Crippen LogP contribution in [-0.2, 0) is 9.59 Å². The molecule has 0 saturated carbocycles. The van der Waals surface area contributed by atoms with Crippen molar-refractivity contribution < 1.29 is 14.0 Å². The quantitative estimate of drug-likeness (QED) is 0.715. The first-order chi connectivity index (χ1) is 13.3. The third-order valence-corrected chi connectivity index (χ3v) is 4.90. The lowest BCUT2D eigenvalue weighted by atomic mass is 9.97. The number of hydrogen-bond acceptors (Lipinski definition) is 3. The van der Waals surface area contributed by atoms with Crippen LogP contribution in [0.4, 0.5) is 15.8 Å². The van der Waals surface area contributed by atoms with E-state index in [1.165, 1.54) is 18.2 Å². The summed E-state index contributed by atoms with van der Waals surface area (Å²) in [6.45, 7) is 5.99. The zero-order chi connectivity index (χ0) is 20.7. The van der Waals surface area contributed by atoms with E-state index in [0.29, 0.717) is 11.6 Å². The highest BCUT2D eigenvalue weighted by molar-refractivity contribution is 5.96. The van der Waals surface area contributed by atoms with Crippen molar-refractivity contribution in [2.24, 2.45) is 0 Å². The van der Waals surface area contributed by atoms with Crippen LogP contribution in [0.3, 0.4) is 0 Å². The van der Waals surface area contributed by atoms with Gasteiger partial charge < -0.3 is 10.6 Å². The molecule has 2 aromatic carbocycles. The van der Waals surface area contributed by atoms with Gasteiger partial charge in [0.15, 0.2) is 0 Å². The van der Waals surface area contributed by atoms with E-state index in [1.54, 1.807) is 24.9 Å². The molecule has 2 N–H and O–H groups in total.